The fraction of sp³-hybridized carbons (Fsp3) is 0.318. The van der Waals surface area contributed by atoms with Crippen molar-refractivity contribution >= 4 is 45.2 Å². The van der Waals surface area contributed by atoms with Crippen LogP contribution in [0.1, 0.15) is 39.3 Å². The normalized spacial score (nSPS) is 15.0. The first-order chi connectivity index (χ1) is 16.4. The lowest BCUT2D eigenvalue weighted by molar-refractivity contribution is -0.123. The summed E-state index contributed by atoms with van der Waals surface area (Å²) in [7, 11) is -3.03. The number of halogens is 1. The van der Waals surface area contributed by atoms with Gasteiger partial charge >= 0.3 is 0 Å². The number of nitrogens with one attached hydrogen (secondary N) is 4. The number of rotatable bonds is 9. The average Bonchev–Trinajstić information content (AvgIpc) is 3.23. The van der Waals surface area contributed by atoms with E-state index >= 15 is 0 Å². The molecule has 3 amide bonds. The fourth-order valence-corrected chi connectivity index (χ4v) is 4.03. The van der Waals surface area contributed by atoms with Crippen molar-refractivity contribution in [3.63, 3.8) is 0 Å². The molecule has 1 unspecified atom stereocenters. The van der Waals surface area contributed by atoms with Gasteiger partial charge in [-0.25, -0.2) is 4.39 Å². The smallest absolute Gasteiger partial charge is 0.283 e. The van der Waals surface area contributed by atoms with Gasteiger partial charge in [0.15, 0.2) is 0 Å². The molecule has 1 aromatic carbocycles. The van der Waals surface area contributed by atoms with Gasteiger partial charge in [0.2, 0.25) is 5.91 Å². The Balaban J connectivity index is 1.72. The van der Waals surface area contributed by atoms with Crippen LogP contribution in [-0.2, 0) is 24.4 Å². The fourth-order valence-electron chi connectivity index (χ4n) is 3.69. The molecule has 1 aromatic heterocycles. The number of aromatic nitrogens is 1. The third-order valence-corrected chi connectivity index (χ3v) is 5.95. The lowest BCUT2D eigenvalue weighted by Gasteiger charge is -2.16. The van der Waals surface area contributed by atoms with Crippen LogP contribution < -0.4 is 16.0 Å². The quantitative estimate of drug-likeness (QED) is 0.252. The van der Waals surface area contributed by atoms with Crippen LogP contribution in [0, 0.1) is 19.7 Å². The number of hydrogen-bond acceptors (Lipinski definition) is 6. The van der Waals surface area contributed by atoms with E-state index in [0.29, 0.717) is 33.8 Å². The first-order valence-corrected chi connectivity index (χ1v) is 12.1. The summed E-state index contributed by atoms with van der Waals surface area (Å²) in [4.78, 5) is 40.2. The van der Waals surface area contributed by atoms with Crippen molar-refractivity contribution in [3.8, 4) is 0 Å². The Morgan fingerprint density at radius 1 is 1.26 bits per heavy atom. The Labute approximate surface area is 200 Å². The summed E-state index contributed by atoms with van der Waals surface area (Å²) < 4.78 is 49.1. The molecule has 0 spiro atoms. The van der Waals surface area contributed by atoms with Crippen molar-refractivity contribution in [3.05, 3.63) is 52.1 Å². The maximum Gasteiger partial charge on any atom is 0.283 e. The number of H-pyrrole nitrogens is 1. The predicted octanol–water partition coefficient (Wildman–Crippen LogP) is 1.36. The molecule has 0 radical (unpaired) electrons. The minimum atomic E-state index is -4.36. The molecule has 0 aliphatic carbocycles. The van der Waals surface area contributed by atoms with Gasteiger partial charge in [0.1, 0.15) is 11.7 Å². The first-order valence-electron chi connectivity index (χ1n) is 10.4. The van der Waals surface area contributed by atoms with Gasteiger partial charge in [0.05, 0.1) is 23.7 Å². The van der Waals surface area contributed by atoms with Gasteiger partial charge in [-0.15, -0.1) is 0 Å². The Bertz CT molecular complexity index is 1320. The number of anilines is 1. The molecular formula is C22H25FN4O7S. The number of carbonyl (C=O) groups excluding carboxylic acids is 3. The topological polar surface area (TPSA) is 167 Å². The zero-order valence-electron chi connectivity index (χ0n) is 19.2. The lowest BCUT2D eigenvalue weighted by atomic mass is 10.0. The molecule has 1 atom stereocenters. The van der Waals surface area contributed by atoms with E-state index in [9.17, 15) is 27.2 Å². The van der Waals surface area contributed by atoms with E-state index < -0.39 is 45.6 Å². The summed E-state index contributed by atoms with van der Waals surface area (Å²) in [6.45, 7) is 3.33. The van der Waals surface area contributed by atoms with Crippen LogP contribution in [-0.4, -0.2) is 61.3 Å². The highest BCUT2D eigenvalue weighted by atomic mass is 32.2. The van der Waals surface area contributed by atoms with E-state index in [1.165, 1.54) is 25.3 Å². The summed E-state index contributed by atoms with van der Waals surface area (Å²) in [6, 6.07) is 3.99. The Kier molecular flexibility index (Phi) is 7.73. The van der Waals surface area contributed by atoms with Crippen molar-refractivity contribution in [2.45, 2.75) is 26.4 Å². The van der Waals surface area contributed by atoms with E-state index in [1.807, 2.05) is 5.32 Å². The molecule has 35 heavy (non-hydrogen) atoms. The van der Waals surface area contributed by atoms with Crippen molar-refractivity contribution < 1.29 is 36.5 Å². The van der Waals surface area contributed by atoms with Gasteiger partial charge in [-0.1, -0.05) is 0 Å². The SMILES string of the molecule is COC(CNC(=O)c1c(C)[nH]c(/C=C2\C(=O)Nc3ccc(F)cc32)c1C)CC(=O)NCS(=O)(=O)O. The number of ether oxygens (including phenoxy) is 1. The number of carbonyl (C=O) groups is 3. The number of aromatic amines is 1. The van der Waals surface area contributed by atoms with Gasteiger partial charge in [0.25, 0.3) is 21.9 Å². The number of methoxy groups -OCH3 is 1. The number of benzene rings is 1. The molecule has 3 rings (SSSR count). The highest BCUT2D eigenvalue weighted by Gasteiger charge is 2.26. The minimum absolute atomic E-state index is 0.0514. The van der Waals surface area contributed by atoms with Gasteiger partial charge in [-0.2, -0.15) is 8.42 Å². The van der Waals surface area contributed by atoms with E-state index in [0.717, 1.165) is 0 Å². The molecule has 188 valence electrons. The first kappa shape index (κ1) is 26.1. The molecule has 11 nitrogen and oxygen atoms in total. The van der Waals surface area contributed by atoms with E-state index in [1.54, 1.807) is 19.9 Å². The zero-order valence-corrected chi connectivity index (χ0v) is 20.0. The van der Waals surface area contributed by atoms with Crippen LogP contribution in [0.5, 0.6) is 0 Å². The molecule has 0 bridgehead atoms. The largest absolute Gasteiger partial charge is 0.379 e. The third kappa shape index (κ3) is 6.32. The number of hydrogen-bond donors (Lipinski definition) is 5. The Morgan fingerprint density at radius 2 is 1.97 bits per heavy atom. The number of amides is 3. The minimum Gasteiger partial charge on any atom is -0.379 e. The summed E-state index contributed by atoms with van der Waals surface area (Å²) in [6.07, 6.45) is 0.548. The molecule has 1 aliphatic rings. The second-order valence-electron chi connectivity index (χ2n) is 7.96. The average molecular weight is 509 g/mol. The van der Waals surface area contributed by atoms with Crippen LogP contribution in [0.3, 0.4) is 0 Å². The highest BCUT2D eigenvalue weighted by Crippen LogP contribution is 2.34. The van der Waals surface area contributed by atoms with Gasteiger partial charge in [-0.3, -0.25) is 18.9 Å². The van der Waals surface area contributed by atoms with Gasteiger partial charge in [-0.05, 0) is 43.7 Å². The summed E-state index contributed by atoms with van der Waals surface area (Å²) in [5, 5.41) is 7.38. The second kappa shape index (κ2) is 10.4. The number of fused-ring (bicyclic) bond motifs is 1. The maximum absolute atomic E-state index is 13.7. The van der Waals surface area contributed by atoms with Crippen LogP contribution in [0.15, 0.2) is 18.2 Å². The molecule has 0 saturated heterocycles. The lowest BCUT2D eigenvalue weighted by Crippen LogP contribution is -2.38. The van der Waals surface area contributed by atoms with Gasteiger partial charge < -0.3 is 25.7 Å². The van der Waals surface area contributed by atoms with E-state index in [4.69, 9.17) is 9.29 Å². The van der Waals surface area contributed by atoms with E-state index in [2.05, 4.69) is 15.6 Å². The molecule has 0 fully saturated rings. The van der Waals surface area contributed by atoms with Crippen LogP contribution in [0.25, 0.3) is 11.6 Å². The molecule has 13 heteroatoms. The van der Waals surface area contributed by atoms with Crippen molar-refractivity contribution in [2.24, 2.45) is 0 Å². The predicted molar refractivity (Wildman–Crippen MR) is 125 cm³/mol. The summed E-state index contributed by atoms with van der Waals surface area (Å²) in [5.74, 6) is -2.94. The van der Waals surface area contributed by atoms with Crippen LogP contribution in [0.2, 0.25) is 0 Å². The molecular weight excluding hydrogens is 483 g/mol. The summed E-state index contributed by atoms with van der Waals surface area (Å²) in [5.41, 5.74) is 3.10. The van der Waals surface area contributed by atoms with Crippen molar-refractivity contribution in [2.75, 3.05) is 24.8 Å². The van der Waals surface area contributed by atoms with Crippen LogP contribution >= 0.6 is 0 Å². The second-order valence-corrected chi connectivity index (χ2v) is 9.42. The maximum atomic E-state index is 13.7. The molecule has 0 saturated carbocycles. The Hall–Kier alpha value is -3.55. The van der Waals surface area contributed by atoms with Crippen molar-refractivity contribution in [1.82, 2.24) is 15.6 Å². The molecule has 2 heterocycles. The molecule has 2 aromatic rings. The standard InChI is InChI=1S/C22H25FN4O7S/c1-11-18(8-16-15-6-13(23)4-5-17(15)27-21(16)29)26-12(2)20(11)22(30)24-9-14(34-3)7-19(28)25-10-35(31,32)33/h4-6,8,14,26H,7,9-10H2,1-3H3,(H,24,30)(H,25,28)(H,27,29)(H,31,32,33)/b16-8-. The molecule has 1 aliphatic heterocycles. The highest BCUT2D eigenvalue weighted by molar-refractivity contribution is 7.85. The van der Waals surface area contributed by atoms with E-state index in [-0.39, 0.29) is 18.5 Å². The third-order valence-electron chi connectivity index (χ3n) is 5.44. The van der Waals surface area contributed by atoms with Gasteiger partial charge in [0, 0.05) is 36.3 Å². The Morgan fingerprint density at radius 3 is 2.63 bits per heavy atom. The monoisotopic (exact) mass is 508 g/mol. The summed E-state index contributed by atoms with van der Waals surface area (Å²) >= 11 is 0. The molecule has 5 N–H and O–H groups in total. The van der Waals surface area contributed by atoms with Crippen LogP contribution in [0.4, 0.5) is 10.1 Å². The van der Waals surface area contributed by atoms with Crippen molar-refractivity contribution in [1.29, 1.82) is 0 Å². The zero-order chi connectivity index (χ0) is 25.9. The number of aryl methyl sites for hydroxylation is 1.